The van der Waals surface area contributed by atoms with Crippen LogP contribution in [0, 0.1) is 5.82 Å². The van der Waals surface area contributed by atoms with Gasteiger partial charge in [-0.25, -0.2) is 12.8 Å². The molecule has 2 aromatic rings. The van der Waals surface area contributed by atoms with E-state index in [0.717, 1.165) is 10.6 Å². The van der Waals surface area contributed by atoms with Gasteiger partial charge in [0.25, 0.3) is 0 Å². The molecule has 10 heteroatoms. The van der Waals surface area contributed by atoms with E-state index in [4.69, 9.17) is 4.74 Å². The molecule has 0 fully saturated rings. The molecular weight excluding hydrogens is 461 g/mol. The summed E-state index contributed by atoms with van der Waals surface area (Å²) in [5.74, 6) is -0.818. The third kappa shape index (κ3) is 7.44. The average Bonchev–Trinajstić information content (AvgIpc) is 2.80. The fourth-order valence-corrected chi connectivity index (χ4v) is 4.05. The molecule has 34 heavy (non-hydrogen) atoms. The molecule has 0 heterocycles. The summed E-state index contributed by atoms with van der Waals surface area (Å²) in [4.78, 5) is 27.5. The van der Waals surface area contributed by atoms with E-state index in [-0.39, 0.29) is 24.2 Å². The molecule has 0 aliphatic rings. The van der Waals surface area contributed by atoms with E-state index < -0.39 is 34.3 Å². The highest BCUT2D eigenvalue weighted by molar-refractivity contribution is 7.92. The van der Waals surface area contributed by atoms with Gasteiger partial charge in [0.15, 0.2) is 0 Å². The summed E-state index contributed by atoms with van der Waals surface area (Å²) in [6.45, 7) is 4.86. The molecule has 0 aliphatic heterocycles. The average molecular weight is 494 g/mol. The van der Waals surface area contributed by atoms with Crippen LogP contribution in [0.5, 0.6) is 5.75 Å². The standard InChI is InChI=1S/C24H32FN3O5S/c1-6-17(2)26-24(30)18(3)27(15-19-7-9-20(25)10-8-19)23(29)16-28(34(5,31)32)21-11-13-22(33-4)14-12-21/h7-14,17-18H,6,15-16H2,1-5H3,(H,26,30). The largest absolute Gasteiger partial charge is 0.497 e. The van der Waals surface area contributed by atoms with Crippen LogP contribution in [-0.2, 0) is 26.2 Å². The Bertz CT molecular complexity index is 1070. The lowest BCUT2D eigenvalue weighted by molar-refractivity contribution is -0.139. The molecule has 186 valence electrons. The van der Waals surface area contributed by atoms with Crippen molar-refractivity contribution in [1.29, 1.82) is 0 Å². The number of hydrogen-bond acceptors (Lipinski definition) is 5. The molecule has 0 saturated heterocycles. The van der Waals surface area contributed by atoms with Gasteiger partial charge in [-0.15, -0.1) is 0 Å². The van der Waals surface area contributed by atoms with Gasteiger partial charge in [0.05, 0.1) is 19.1 Å². The second-order valence-corrected chi connectivity index (χ2v) is 10.0. The van der Waals surface area contributed by atoms with Crippen LogP contribution in [0.3, 0.4) is 0 Å². The van der Waals surface area contributed by atoms with E-state index in [0.29, 0.717) is 17.7 Å². The van der Waals surface area contributed by atoms with Crippen LogP contribution in [0.4, 0.5) is 10.1 Å². The van der Waals surface area contributed by atoms with Crippen molar-refractivity contribution in [2.45, 2.75) is 45.8 Å². The van der Waals surface area contributed by atoms with Crippen LogP contribution >= 0.6 is 0 Å². The number of carbonyl (C=O) groups is 2. The zero-order chi connectivity index (χ0) is 25.5. The number of nitrogens with zero attached hydrogens (tertiary/aromatic N) is 2. The molecule has 0 radical (unpaired) electrons. The van der Waals surface area contributed by atoms with E-state index >= 15 is 0 Å². The SMILES string of the molecule is CCC(C)NC(=O)C(C)N(Cc1ccc(F)cc1)C(=O)CN(c1ccc(OC)cc1)S(C)(=O)=O. The normalized spacial score (nSPS) is 13.0. The number of hydrogen-bond donors (Lipinski definition) is 1. The Hall–Kier alpha value is -3.14. The second kappa shape index (κ2) is 11.8. The first-order valence-electron chi connectivity index (χ1n) is 10.9. The highest BCUT2D eigenvalue weighted by Gasteiger charge is 2.30. The smallest absolute Gasteiger partial charge is 0.244 e. The molecule has 0 spiro atoms. The molecule has 2 rings (SSSR count). The fraction of sp³-hybridized carbons (Fsp3) is 0.417. The first kappa shape index (κ1) is 27.1. The zero-order valence-corrected chi connectivity index (χ0v) is 20.9. The van der Waals surface area contributed by atoms with Crippen molar-refractivity contribution in [3.8, 4) is 5.75 Å². The maximum atomic E-state index is 13.4. The second-order valence-electron chi connectivity index (χ2n) is 8.11. The molecular formula is C24H32FN3O5S. The molecule has 2 amide bonds. The minimum atomic E-state index is -3.82. The number of sulfonamides is 1. The first-order valence-corrected chi connectivity index (χ1v) is 12.8. The lowest BCUT2D eigenvalue weighted by Crippen LogP contribution is -2.52. The third-order valence-corrected chi connectivity index (χ3v) is 6.61. The van der Waals surface area contributed by atoms with Crippen LogP contribution in [-0.4, -0.2) is 57.1 Å². The third-order valence-electron chi connectivity index (χ3n) is 5.47. The monoisotopic (exact) mass is 493 g/mol. The van der Waals surface area contributed by atoms with Crippen LogP contribution in [0.2, 0.25) is 0 Å². The van der Waals surface area contributed by atoms with Crippen molar-refractivity contribution in [3.63, 3.8) is 0 Å². The fourth-order valence-electron chi connectivity index (χ4n) is 3.20. The molecule has 0 aromatic heterocycles. The summed E-state index contributed by atoms with van der Waals surface area (Å²) in [6.07, 6.45) is 1.72. The molecule has 2 aromatic carbocycles. The van der Waals surface area contributed by atoms with Crippen molar-refractivity contribution in [3.05, 3.63) is 59.9 Å². The lowest BCUT2D eigenvalue weighted by Gasteiger charge is -2.32. The van der Waals surface area contributed by atoms with Gasteiger partial charge in [-0.2, -0.15) is 0 Å². The van der Waals surface area contributed by atoms with Crippen molar-refractivity contribution in [2.75, 3.05) is 24.2 Å². The van der Waals surface area contributed by atoms with Crippen LogP contribution < -0.4 is 14.4 Å². The maximum Gasteiger partial charge on any atom is 0.244 e. The molecule has 2 atom stereocenters. The number of methoxy groups -OCH3 is 1. The number of amides is 2. The molecule has 1 N–H and O–H groups in total. The van der Waals surface area contributed by atoms with Gasteiger partial charge in [-0.3, -0.25) is 13.9 Å². The predicted molar refractivity (Wildman–Crippen MR) is 129 cm³/mol. The van der Waals surface area contributed by atoms with Crippen LogP contribution in [0.15, 0.2) is 48.5 Å². The van der Waals surface area contributed by atoms with E-state index in [1.807, 2.05) is 13.8 Å². The highest BCUT2D eigenvalue weighted by atomic mass is 32.2. The summed E-state index contributed by atoms with van der Waals surface area (Å²) < 4.78 is 44.5. The lowest BCUT2D eigenvalue weighted by atomic mass is 10.1. The minimum Gasteiger partial charge on any atom is -0.497 e. The highest BCUT2D eigenvalue weighted by Crippen LogP contribution is 2.22. The summed E-state index contributed by atoms with van der Waals surface area (Å²) in [7, 11) is -2.33. The van der Waals surface area contributed by atoms with E-state index in [9.17, 15) is 22.4 Å². The van der Waals surface area contributed by atoms with Gasteiger partial charge < -0.3 is 15.0 Å². The van der Waals surface area contributed by atoms with E-state index in [2.05, 4.69) is 5.32 Å². The van der Waals surface area contributed by atoms with Gasteiger partial charge in [-0.1, -0.05) is 19.1 Å². The Morgan fingerprint density at radius 1 is 1.06 bits per heavy atom. The number of ether oxygens (including phenoxy) is 1. The summed E-state index contributed by atoms with van der Waals surface area (Å²) in [6, 6.07) is 10.9. The molecule has 2 unspecified atom stereocenters. The summed E-state index contributed by atoms with van der Waals surface area (Å²) in [5, 5.41) is 2.85. The maximum absolute atomic E-state index is 13.4. The zero-order valence-electron chi connectivity index (χ0n) is 20.1. The quantitative estimate of drug-likeness (QED) is 0.519. The number of benzene rings is 2. The molecule has 8 nitrogen and oxygen atoms in total. The van der Waals surface area contributed by atoms with Gasteiger partial charge >= 0.3 is 0 Å². The van der Waals surface area contributed by atoms with Crippen LogP contribution in [0.25, 0.3) is 0 Å². The summed E-state index contributed by atoms with van der Waals surface area (Å²) >= 11 is 0. The number of nitrogens with one attached hydrogen (secondary N) is 1. The first-order chi connectivity index (χ1) is 16.0. The minimum absolute atomic E-state index is 0.00835. The number of anilines is 1. The van der Waals surface area contributed by atoms with E-state index in [1.54, 1.807) is 19.1 Å². The Balaban J connectivity index is 2.36. The summed E-state index contributed by atoms with van der Waals surface area (Å²) in [5.41, 5.74) is 0.892. The van der Waals surface area contributed by atoms with Gasteiger partial charge in [-0.05, 0) is 62.2 Å². The molecule has 0 aliphatic carbocycles. The predicted octanol–water partition coefficient (Wildman–Crippen LogP) is 2.93. The van der Waals surface area contributed by atoms with Crippen LogP contribution in [0.1, 0.15) is 32.8 Å². The Morgan fingerprint density at radius 3 is 2.15 bits per heavy atom. The van der Waals surface area contributed by atoms with Gasteiger partial charge in [0, 0.05) is 12.6 Å². The Kier molecular flexibility index (Phi) is 9.43. The van der Waals surface area contributed by atoms with Crippen molar-refractivity contribution >= 4 is 27.5 Å². The van der Waals surface area contributed by atoms with Crippen molar-refractivity contribution in [1.82, 2.24) is 10.2 Å². The molecule has 0 saturated carbocycles. The topological polar surface area (TPSA) is 96.0 Å². The Labute approximate surface area is 200 Å². The van der Waals surface area contributed by atoms with Gasteiger partial charge in [0.2, 0.25) is 21.8 Å². The van der Waals surface area contributed by atoms with Gasteiger partial charge in [0.1, 0.15) is 24.2 Å². The number of rotatable bonds is 11. The molecule has 0 bridgehead atoms. The Morgan fingerprint density at radius 2 is 1.65 bits per heavy atom. The van der Waals surface area contributed by atoms with Crippen molar-refractivity contribution in [2.24, 2.45) is 0 Å². The number of halogens is 1. The van der Waals surface area contributed by atoms with Crippen molar-refractivity contribution < 1.29 is 27.1 Å². The number of carbonyl (C=O) groups excluding carboxylic acids is 2. The van der Waals surface area contributed by atoms with E-state index in [1.165, 1.54) is 48.4 Å².